The fraction of sp³-hybridized carbons (Fsp3) is 0.375. The van der Waals surface area contributed by atoms with Gasteiger partial charge in [-0.3, -0.25) is 9.59 Å². The SMILES string of the molecule is CC(C)NC(=O)C(Cc1ccccc1)N(Cc1c(Cl)cccc1Cl)C(=O)CCc1ccc(C(C)(C)C)cc1. The molecule has 3 aromatic carbocycles. The van der Waals surface area contributed by atoms with Crippen LogP contribution in [0.3, 0.4) is 0 Å². The van der Waals surface area contributed by atoms with Crippen LogP contribution in [0.4, 0.5) is 0 Å². The predicted octanol–water partition coefficient (Wildman–Crippen LogP) is 7.39. The number of hydrogen-bond donors (Lipinski definition) is 1. The molecule has 4 nitrogen and oxygen atoms in total. The number of carbonyl (C=O) groups excluding carboxylic acids is 2. The number of aryl methyl sites for hydroxylation is 1. The van der Waals surface area contributed by atoms with Crippen LogP contribution in [0.15, 0.2) is 72.8 Å². The lowest BCUT2D eigenvalue weighted by molar-refractivity contribution is -0.141. The molecule has 1 N–H and O–H groups in total. The Hall–Kier alpha value is -2.82. The van der Waals surface area contributed by atoms with E-state index in [1.807, 2.05) is 44.2 Å². The zero-order chi connectivity index (χ0) is 27.9. The number of amides is 2. The Bertz CT molecular complexity index is 1200. The lowest BCUT2D eigenvalue weighted by Crippen LogP contribution is -2.51. The van der Waals surface area contributed by atoms with Crippen LogP contribution in [0.25, 0.3) is 0 Å². The summed E-state index contributed by atoms with van der Waals surface area (Å²) in [5.74, 6) is -0.323. The van der Waals surface area contributed by atoms with Crippen LogP contribution in [-0.4, -0.2) is 28.8 Å². The number of nitrogens with zero attached hydrogens (tertiary/aromatic N) is 1. The second-order valence-electron chi connectivity index (χ2n) is 11.0. The van der Waals surface area contributed by atoms with Gasteiger partial charge in [-0.15, -0.1) is 0 Å². The van der Waals surface area contributed by atoms with E-state index in [0.29, 0.717) is 28.5 Å². The standard InChI is InChI=1S/C32H38Cl2N2O2/c1-22(2)35-31(38)29(20-24-10-7-6-8-11-24)36(21-26-27(33)12-9-13-28(26)34)30(37)19-16-23-14-17-25(18-15-23)32(3,4)5/h6-15,17-18,22,29H,16,19-21H2,1-5H3,(H,35,38). The monoisotopic (exact) mass is 552 g/mol. The van der Waals surface area contributed by atoms with Crippen LogP contribution in [0.2, 0.25) is 10.0 Å². The van der Waals surface area contributed by atoms with Crippen LogP contribution in [0.5, 0.6) is 0 Å². The summed E-state index contributed by atoms with van der Waals surface area (Å²) in [6, 6.07) is 22.6. The molecule has 2 amide bonds. The first kappa shape index (κ1) is 29.7. The molecule has 3 aromatic rings. The minimum absolute atomic E-state index is 0.0633. The highest BCUT2D eigenvalue weighted by Crippen LogP contribution is 2.28. The van der Waals surface area contributed by atoms with Gasteiger partial charge >= 0.3 is 0 Å². The van der Waals surface area contributed by atoms with E-state index in [2.05, 4.69) is 50.4 Å². The zero-order valence-electron chi connectivity index (χ0n) is 22.9. The third kappa shape index (κ3) is 8.34. The van der Waals surface area contributed by atoms with Crippen molar-refractivity contribution in [2.45, 2.75) is 77.9 Å². The van der Waals surface area contributed by atoms with Crippen molar-refractivity contribution in [3.63, 3.8) is 0 Å². The first-order chi connectivity index (χ1) is 18.0. The van der Waals surface area contributed by atoms with Gasteiger partial charge in [0.15, 0.2) is 0 Å². The van der Waals surface area contributed by atoms with Crippen molar-refractivity contribution >= 4 is 35.0 Å². The Balaban J connectivity index is 1.92. The van der Waals surface area contributed by atoms with Gasteiger partial charge in [0, 0.05) is 41.0 Å². The molecule has 0 heterocycles. The molecule has 0 spiro atoms. The molecule has 0 saturated heterocycles. The van der Waals surface area contributed by atoms with Crippen molar-refractivity contribution in [2.24, 2.45) is 0 Å². The molecule has 0 aliphatic heterocycles. The Morgan fingerprint density at radius 2 is 1.45 bits per heavy atom. The molecule has 0 fully saturated rings. The maximum atomic E-state index is 13.9. The maximum Gasteiger partial charge on any atom is 0.243 e. The van der Waals surface area contributed by atoms with Crippen molar-refractivity contribution in [2.75, 3.05) is 0 Å². The Kier molecular flexibility index (Phi) is 10.4. The number of carbonyl (C=O) groups is 2. The lowest BCUT2D eigenvalue weighted by atomic mass is 9.86. The van der Waals surface area contributed by atoms with Crippen LogP contribution in [0.1, 0.15) is 63.3 Å². The fourth-order valence-electron chi connectivity index (χ4n) is 4.35. The second kappa shape index (κ2) is 13.3. The quantitative estimate of drug-likeness (QED) is 0.285. The first-order valence-electron chi connectivity index (χ1n) is 13.1. The largest absolute Gasteiger partial charge is 0.352 e. The average molecular weight is 554 g/mol. The van der Waals surface area contributed by atoms with Crippen molar-refractivity contribution in [1.29, 1.82) is 0 Å². The van der Waals surface area contributed by atoms with Gasteiger partial charge in [-0.05, 0) is 54.5 Å². The van der Waals surface area contributed by atoms with Crippen LogP contribution in [0, 0.1) is 0 Å². The summed E-state index contributed by atoms with van der Waals surface area (Å²) in [7, 11) is 0. The molecule has 1 unspecified atom stereocenters. The highest BCUT2D eigenvalue weighted by molar-refractivity contribution is 6.36. The van der Waals surface area contributed by atoms with Gasteiger partial charge in [-0.2, -0.15) is 0 Å². The zero-order valence-corrected chi connectivity index (χ0v) is 24.4. The summed E-state index contributed by atoms with van der Waals surface area (Å²) in [5, 5.41) is 3.95. The minimum Gasteiger partial charge on any atom is -0.352 e. The van der Waals surface area contributed by atoms with E-state index in [0.717, 1.165) is 11.1 Å². The molecule has 1 atom stereocenters. The number of hydrogen-bond acceptors (Lipinski definition) is 2. The fourth-order valence-corrected chi connectivity index (χ4v) is 4.87. The lowest BCUT2D eigenvalue weighted by Gasteiger charge is -2.32. The van der Waals surface area contributed by atoms with Crippen molar-refractivity contribution < 1.29 is 9.59 Å². The van der Waals surface area contributed by atoms with E-state index >= 15 is 0 Å². The number of nitrogens with one attached hydrogen (secondary N) is 1. The molecule has 202 valence electrons. The normalized spacial score (nSPS) is 12.3. The van der Waals surface area contributed by atoms with E-state index < -0.39 is 6.04 Å². The van der Waals surface area contributed by atoms with E-state index in [-0.39, 0.29) is 36.2 Å². The summed E-state index contributed by atoms with van der Waals surface area (Å²) in [5.41, 5.74) is 3.99. The summed E-state index contributed by atoms with van der Waals surface area (Å²) < 4.78 is 0. The molecule has 38 heavy (non-hydrogen) atoms. The number of rotatable bonds is 10. The van der Waals surface area contributed by atoms with Crippen LogP contribution in [-0.2, 0) is 34.4 Å². The molecule has 6 heteroatoms. The van der Waals surface area contributed by atoms with Crippen molar-refractivity contribution in [3.8, 4) is 0 Å². The van der Waals surface area contributed by atoms with E-state index in [1.165, 1.54) is 5.56 Å². The topological polar surface area (TPSA) is 49.4 Å². The minimum atomic E-state index is -0.720. The molecule has 0 aliphatic carbocycles. The summed E-state index contributed by atoms with van der Waals surface area (Å²) in [4.78, 5) is 29.0. The van der Waals surface area contributed by atoms with Gasteiger partial charge in [-0.1, -0.05) is 105 Å². The molecule has 0 aliphatic rings. The van der Waals surface area contributed by atoms with Crippen molar-refractivity contribution in [3.05, 3.63) is 105 Å². The summed E-state index contributed by atoms with van der Waals surface area (Å²) in [6.45, 7) is 10.5. The van der Waals surface area contributed by atoms with Gasteiger partial charge in [-0.25, -0.2) is 0 Å². The smallest absolute Gasteiger partial charge is 0.243 e. The molecule has 0 aromatic heterocycles. The molecule has 0 saturated carbocycles. The highest BCUT2D eigenvalue weighted by Gasteiger charge is 2.31. The first-order valence-corrected chi connectivity index (χ1v) is 13.9. The second-order valence-corrected chi connectivity index (χ2v) is 11.9. The van der Waals surface area contributed by atoms with Crippen molar-refractivity contribution in [1.82, 2.24) is 10.2 Å². The molecule has 0 radical (unpaired) electrons. The van der Waals surface area contributed by atoms with Crippen LogP contribution >= 0.6 is 23.2 Å². The highest BCUT2D eigenvalue weighted by atomic mass is 35.5. The van der Waals surface area contributed by atoms with Gasteiger partial charge in [0.1, 0.15) is 6.04 Å². The third-order valence-corrected chi connectivity index (χ3v) is 7.25. The van der Waals surface area contributed by atoms with E-state index in [1.54, 1.807) is 23.1 Å². The summed E-state index contributed by atoms with van der Waals surface area (Å²) >= 11 is 13.0. The van der Waals surface area contributed by atoms with Gasteiger partial charge in [0.2, 0.25) is 11.8 Å². The molecular formula is C32H38Cl2N2O2. The predicted molar refractivity (Wildman–Crippen MR) is 158 cm³/mol. The van der Waals surface area contributed by atoms with Gasteiger partial charge in [0.25, 0.3) is 0 Å². The Morgan fingerprint density at radius 3 is 2.00 bits per heavy atom. The van der Waals surface area contributed by atoms with E-state index in [9.17, 15) is 9.59 Å². The Morgan fingerprint density at radius 1 is 0.842 bits per heavy atom. The van der Waals surface area contributed by atoms with E-state index in [4.69, 9.17) is 23.2 Å². The van der Waals surface area contributed by atoms with Gasteiger partial charge < -0.3 is 10.2 Å². The molecule has 0 bridgehead atoms. The van der Waals surface area contributed by atoms with Crippen LogP contribution < -0.4 is 5.32 Å². The average Bonchev–Trinajstić information content (AvgIpc) is 2.86. The van der Waals surface area contributed by atoms with Gasteiger partial charge in [0.05, 0.1) is 0 Å². The summed E-state index contributed by atoms with van der Waals surface area (Å²) in [6.07, 6.45) is 1.21. The molecular weight excluding hydrogens is 515 g/mol. The Labute approximate surface area is 237 Å². The molecule has 3 rings (SSSR count). The number of halogens is 2. The third-order valence-electron chi connectivity index (χ3n) is 6.54. The number of benzene rings is 3. The maximum absolute atomic E-state index is 13.9.